The summed E-state index contributed by atoms with van der Waals surface area (Å²) >= 11 is 5.79. The summed E-state index contributed by atoms with van der Waals surface area (Å²) in [5.41, 5.74) is 0.287. The third kappa shape index (κ3) is 3.26. The topological polar surface area (TPSA) is 52.1 Å². The number of rotatable bonds is 4. The van der Waals surface area contributed by atoms with Crippen LogP contribution in [0.25, 0.3) is 0 Å². The molecule has 0 amide bonds. The lowest BCUT2D eigenvalue weighted by Crippen LogP contribution is -2.13. The van der Waals surface area contributed by atoms with Crippen LogP contribution in [0.2, 0.25) is 5.02 Å². The van der Waals surface area contributed by atoms with Crippen LogP contribution in [0.1, 0.15) is 10.5 Å². The molecule has 0 bridgehead atoms. The molecule has 0 saturated carbocycles. The second kappa shape index (κ2) is 5.41. The number of hydrogen-bond acceptors (Lipinski definition) is 4. The van der Waals surface area contributed by atoms with Gasteiger partial charge < -0.3 is 4.74 Å². The summed E-state index contributed by atoms with van der Waals surface area (Å²) in [5.74, 6) is 0.327. The number of carbonyl (C=O) groups is 1. The molecule has 0 aliphatic rings. The van der Waals surface area contributed by atoms with E-state index in [1.54, 1.807) is 24.3 Å². The molecule has 4 nitrogen and oxygen atoms in total. The molecule has 1 aromatic heterocycles. The minimum Gasteiger partial charge on any atom is -0.485 e. The molecule has 0 fully saturated rings. The summed E-state index contributed by atoms with van der Waals surface area (Å²) in [7, 11) is 0. The van der Waals surface area contributed by atoms with Gasteiger partial charge in [-0.05, 0) is 18.2 Å². The van der Waals surface area contributed by atoms with Crippen molar-refractivity contribution in [2.24, 2.45) is 0 Å². The number of nitrogens with zero attached hydrogens (tertiary/aromatic N) is 2. The van der Waals surface area contributed by atoms with Gasteiger partial charge in [0.1, 0.15) is 11.4 Å². The Hall–Kier alpha value is -1.94. The summed E-state index contributed by atoms with van der Waals surface area (Å²) < 4.78 is 5.30. The Morgan fingerprint density at radius 3 is 2.94 bits per heavy atom. The SMILES string of the molecule is O=C(COc1cccc(Cl)c1)c1cnccn1. The predicted octanol–water partition coefficient (Wildman–Crippen LogP) is 2.39. The largest absolute Gasteiger partial charge is 0.485 e. The van der Waals surface area contributed by atoms with Crippen molar-refractivity contribution in [2.45, 2.75) is 0 Å². The van der Waals surface area contributed by atoms with Crippen LogP contribution < -0.4 is 4.74 Å². The highest BCUT2D eigenvalue weighted by Gasteiger charge is 2.08. The van der Waals surface area contributed by atoms with Crippen molar-refractivity contribution >= 4 is 17.4 Å². The van der Waals surface area contributed by atoms with Crippen molar-refractivity contribution in [1.82, 2.24) is 9.97 Å². The van der Waals surface area contributed by atoms with E-state index in [0.29, 0.717) is 10.8 Å². The number of benzene rings is 1. The first kappa shape index (κ1) is 11.5. The van der Waals surface area contributed by atoms with Crippen molar-refractivity contribution in [1.29, 1.82) is 0 Å². The van der Waals surface area contributed by atoms with Gasteiger partial charge in [-0.15, -0.1) is 0 Å². The van der Waals surface area contributed by atoms with Gasteiger partial charge in [0.15, 0.2) is 6.61 Å². The number of ketones is 1. The molecule has 0 spiro atoms. The fourth-order valence-electron chi connectivity index (χ4n) is 1.22. The van der Waals surface area contributed by atoms with Crippen LogP contribution in [0.5, 0.6) is 5.75 Å². The van der Waals surface area contributed by atoms with Gasteiger partial charge >= 0.3 is 0 Å². The zero-order valence-corrected chi connectivity index (χ0v) is 9.59. The van der Waals surface area contributed by atoms with Crippen LogP contribution in [-0.2, 0) is 0 Å². The molecule has 0 aliphatic carbocycles. The molecule has 0 atom stereocenters. The quantitative estimate of drug-likeness (QED) is 0.780. The molecular formula is C12H9ClN2O2. The molecule has 5 heteroatoms. The molecule has 0 aliphatic heterocycles. The Kier molecular flexibility index (Phi) is 3.67. The lowest BCUT2D eigenvalue weighted by Gasteiger charge is -2.04. The maximum Gasteiger partial charge on any atom is 0.220 e. The van der Waals surface area contributed by atoms with Crippen molar-refractivity contribution in [3.05, 3.63) is 53.6 Å². The number of hydrogen-bond donors (Lipinski definition) is 0. The molecular weight excluding hydrogens is 240 g/mol. The lowest BCUT2D eigenvalue weighted by atomic mass is 10.3. The second-order valence-electron chi connectivity index (χ2n) is 3.26. The molecule has 0 N–H and O–H groups in total. The molecule has 2 aromatic rings. The molecule has 2 rings (SSSR count). The zero-order chi connectivity index (χ0) is 12.1. The van der Waals surface area contributed by atoms with Crippen molar-refractivity contribution in [3.63, 3.8) is 0 Å². The van der Waals surface area contributed by atoms with Gasteiger partial charge in [-0.25, -0.2) is 4.98 Å². The van der Waals surface area contributed by atoms with Gasteiger partial charge in [-0.2, -0.15) is 0 Å². The van der Waals surface area contributed by atoms with E-state index in [1.807, 2.05) is 0 Å². The normalized spacial score (nSPS) is 9.94. The van der Waals surface area contributed by atoms with Crippen LogP contribution in [-0.4, -0.2) is 22.4 Å². The van der Waals surface area contributed by atoms with Gasteiger partial charge in [0.05, 0.1) is 6.20 Å². The van der Waals surface area contributed by atoms with Gasteiger partial charge in [0.25, 0.3) is 0 Å². The Labute approximate surface area is 103 Å². The molecule has 0 saturated heterocycles. The van der Waals surface area contributed by atoms with Crippen molar-refractivity contribution in [2.75, 3.05) is 6.61 Å². The Morgan fingerprint density at radius 1 is 1.35 bits per heavy atom. The van der Waals surface area contributed by atoms with E-state index >= 15 is 0 Å². The smallest absolute Gasteiger partial charge is 0.220 e. The van der Waals surface area contributed by atoms with Crippen LogP contribution in [0.15, 0.2) is 42.9 Å². The van der Waals surface area contributed by atoms with Gasteiger partial charge in [-0.1, -0.05) is 17.7 Å². The van der Waals surface area contributed by atoms with Crippen molar-refractivity contribution < 1.29 is 9.53 Å². The number of carbonyl (C=O) groups excluding carboxylic acids is 1. The Balaban J connectivity index is 1.97. The van der Waals surface area contributed by atoms with E-state index in [-0.39, 0.29) is 18.1 Å². The molecule has 0 unspecified atom stereocenters. The van der Waals surface area contributed by atoms with Crippen molar-refractivity contribution in [3.8, 4) is 5.75 Å². The third-order valence-corrected chi connectivity index (χ3v) is 2.25. The maximum absolute atomic E-state index is 11.6. The van der Waals surface area contributed by atoms with E-state index in [0.717, 1.165) is 0 Å². The lowest BCUT2D eigenvalue weighted by molar-refractivity contribution is 0.0916. The van der Waals surface area contributed by atoms with E-state index in [1.165, 1.54) is 18.6 Å². The summed E-state index contributed by atoms with van der Waals surface area (Å²) in [6, 6.07) is 6.87. The number of aromatic nitrogens is 2. The van der Waals surface area contributed by atoms with Gasteiger partial charge in [0, 0.05) is 17.4 Å². The highest BCUT2D eigenvalue weighted by Crippen LogP contribution is 2.17. The van der Waals surface area contributed by atoms with E-state index in [9.17, 15) is 4.79 Å². The first-order chi connectivity index (χ1) is 8.25. The summed E-state index contributed by atoms with van der Waals surface area (Å²) in [6.07, 6.45) is 4.38. The minimum atomic E-state index is -0.224. The molecule has 0 radical (unpaired) electrons. The second-order valence-corrected chi connectivity index (χ2v) is 3.70. The molecule has 1 heterocycles. The zero-order valence-electron chi connectivity index (χ0n) is 8.84. The van der Waals surface area contributed by atoms with E-state index in [2.05, 4.69) is 9.97 Å². The predicted molar refractivity (Wildman–Crippen MR) is 63.3 cm³/mol. The first-order valence-corrected chi connectivity index (χ1v) is 5.31. The fourth-order valence-corrected chi connectivity index (χ4v) is 1.40. The van der Waals surface area contributed by atoms with Crippen LogP contribution >= 0.6 is 11.6 Å². The molecule has 1 aromatic carbocycles. The molecule has 86 valence electrons. The summed E-state index contributed by atoms with van der Waals surface area (Å²) in [5, 5.41) is 0.564. The number of halogens is 1. The fraction of sp³-hybridized carbons (Fsp3) is 0.0833. The van der Waals surface area contributed by atoms with E-state index in [4.69, 9.17) is 16.3 Å². The minimum absolute atomic E-state index is 0.0843. The summed E-state index contributed by atoms with van der Waals surface area (Å²) in [4.78, 5) is 19.3. The highest BCUT2D eigenvalue weighted by atomic mass is 35.5. The Bertz CT molecular complexity index is 517. The first-order valence-electron chi connectivity index (χ1n) is 4.93. The standard InChI is InChI=1S/C12H9ClN2O2/c13-9-2-1-3-10(6-9)17-8-12(16)11-7-14-4-5-15-11/h1-7H,8H2. The van der Waals surface area contributed by atoms with Crippen LogP contribution in [0.4, 0.5) is 0 Å². The van der Waals surface area contributed by atoms with E-state index < -0.39 is 0 Å². The van der Waals surface area contributed by atoms with Crippen LogP contribution in [0, 0.1) is 0 Å². The average molecular weight is 249 g/mol. The number of Topliss-reactive ketones (excluding diaryl/α,β-unsaturated/α-hetero) is 1. The number of ether oxygens (including phenoxy) is 1. The van der Waals surface area contributed by atoms with Crippen LogP contribution in [0.3, 0.4) is 0 Å². The van der Waals surface area contributed by atoms with Gasteiger partial charge in [0.2, 0.25) is 5.78 Å². The Morgan fingerprint density at radius 2 is 2.24 bits per heavy atom. The summed E-state index contributed by atoms with van der Waals surface area (Å²) in [6.45, 7) is -0.0843. The molecule has 17 heavy (non-hydrogen) atoms. The monoisotopic (exact) mass is 248 g/mol. The van der Waals surface area contributed by atoms with Gasteiger partial charge in [-0.3, -0.25) is 9.78 Å². The maximum atomic E-state index is 11.6. The third-order valence-electron chi connectivity index (χ3n) is 2.01. The highest BCUT2D eigenvalue weighted by molar-refractivity contribution is 6.30. The average Bonchev–Trinajstić information content (AvgIpc) is 2.37.